The molecule has 0 spiro atoms. The number of likely N-dealkylation sites (N-methyl/N-ethyl adjacent to an activating group) is 1. The van der Waals surface area contributed by atoms with Gasteiger partial charge in [0.15, 0.2) is 5.82 Å². The number of aryl methyl sites for hydroxylation is 1. The predicted octanol–water partition coefficient (Wildman–Crippen LogP) is 2.55. The molecule has 9 nitrogen and oxygen atoms in total. The van der Waals surface area contributed by atoms with E-state index in [0.717, 1.165) is 43.9 Å². The first kappa shape index (κ1) is 21.4. The second kappa shape index (κ2) is 9.21. The van der Waals surface area contributed by atoms with Crippen molar-refractivity contribution in [1.29, 1.82) is 0 Å². The summed E-state index contributed by atoms with van der Waals surface area (Å²) in [6.45, 7) is 4.86. The molecule has 0 unspecified atom stereocenters. The number of anilines is 4. The summed E-state index contributed by atoms with van der Waals surface area (Å²) in [5.41, 5.74) is 3.19. The fourth-order valence-corrected chi connectivity index (χ4v) is 4.31. The van der Waals surface area contributed by atoms with E-state index in [1.54, 1.807) is 17.7 Å². The number of benzene rings is 1. The third-order valence-corrected chi connectivity index (χ3v) is 6.28. The number of rotatable bonds is 5. The SMILES string of the molecule is CN1CCN(c2ccc(Nc3cc(N4OCC[C@H]4c4ccc(=O)n(C)c4)ncn3)cc2)CC1. The zero-order valence-electron chi connectivity index (χ0n) is 19.0. The van der Waals surface area contributed by atoms with Gasteiger partial charge in [0.05, 0.1) is 12.6 Å². The van der Waals surface area contributed by atoms with E-state index in [9.17, 15) is 4.79 Å². The van der Waals surface area contributed by atoms with Crippen molar-refractivity contribution in [3.63, 3.8) is 0 Å². The highest BCUT2D eigenvalue weighted by Gasteiger charge is 2.29. The molecule has 2 saturated heterocycles. The van der Waals surface area contributed by atoms with Crippen molar-refractivity contribution in [2.45, 2.75) is 12.5 Å². The molecule has 0 bridgehead atoms. The van der Waals surface area contributed by atoms with Crippen molar-refractivity contribution >= 4 is 23.0 Å². The summed E-state index contributed by atoms with van der Waals surface area (Å²) in [6.07, 6.45) is 4.21. The Morgan fingerprint density at radius 3 is 2.55 bits per heavy atom. The Balaban J connectivity index is 1.30. The van der Waals surface area contributed by atoms with Gasteiger partial charge in [0.25, 0.3) is 0 Å². The van der Waals surface area contributed by atoms with Crippen molar-refractivity contribution in [3.8, 4) is 0 Å². The Bertz CT molecular complexity index is 1160. The number of hydroxylamine groups is 1. The lowest BCUT2D eigenvalue weighted by Gasteiger charge is -2.34. The summed E-state index contributed by atoms with van der Waals surface area (Å²) < 4.78 is 1.59. The van der Waals surface area contributed by atoms with Crippen LogP contribution in [0.3, 0.4) is 0 Å². The van der Waals surface area contributed by atoms with Crippen LogP contribution in [0, 0.1) is 0 Å². The number of piperazine rings is 1. The van der Waals surface area contributed by atoms with E-state index in [2.05, 4.69) is 56.4 Å². The van der Waals surface area contributed by atoms with Gasteiger partial charge < -0.3 is 19.7 Å². The molecule has 172 valence electrons. The van der Waals surface area contributed by atoms with Gasteiger partial charge in [0.1, 0.15) is 12.1 Å². The molecule has 33 heavy (non-hydrogen) atoms. The Morgan fingerprint density at radius 1 is 1.00 bits per heavy atom. The average Bonchev–Trinajstić information content (AvgIpc) is 3.32. The maximum atomic E-state index is 11.8. The Morgan fingerprint density at radius 2 is 1.79 bits per heavy atom. The molecule has 0 saturated carbocycles. The zero-order valence-corrected chi connectivity index (χ0v) is 19.0. The van der Waals surface area contributed by atoms with E-state index in [0.29, 0.717) is 18.2 Å². The van der Waals surface area contributed by atoms with Crippen molar-refractivity contribution in [2.24, 2.45) is 7.05 Å². The summed E-state index contributed by atoms with van der Waals surface area (Å²) in [5.74, 6) is 1.37. The van der Waals surface area contributed by atoms with E-state index < -0.39 is 0 Å². The second-order valence-corrected chi connectivity index (χ2v) is 8.60. The number of nitrogens with one attached hydrogen (secondary N) is 1. The fourth-order valence-electron chi connectivity index (χ4n) is 4.31. The summed E-state index contributed by atoms with van der Waals surface area (Å²) in [5, 5.41) is 5.18. The summed E-state index contributed by atoms with van der Waals surface area (Å²) in [7, 11) is 3.92. The molecule has 9 heteroatoms. The van der Waals surface area contributed by atoms with E-state index in [1.165, 1.54) is 12.0 Å². The molecular weight excluding hydrogens is 418 g/mol. The molecule has 0 radical (unpaired) electrons. The highest BCUT2D eigenvalue weighted by atomic mass is 16.7. The molecule has 2 aromatic heterocycles. The Hall–Kier alpha value is -3.43. The quantitative estimate of drug-likeness (QED) is 0.639. The number of aromatic nitrogens is 3. The number of hydrogen-bond donors (Lipinski definition) is 1. The number of nitrogens with zero attached hydrogens (tertiary/aromatic N) is 6. The van der Waals surface area contributed by atoms with Crippen molar-refractivity contribution in [2.75, 3.05) is 55.1 Å². The molecule has 1 aromatic carbocycles. The van der Waals surface area contributed by atoms with Crippen LogP contribution in [0.2, 0.25) is 0 Å². The van der Waals surface area contributed by atoms with Crippen molar-refractivity contribution < 1.29 is 4.84 Å². The lowest BCUT2D eigenvalue weighted by Crippen LogP contribution is -2.44. The number of pyridine rings is 1. The normalized spacial score (nSPS) is 19.2. The molecule has 1 N–H and O–H groups in total. The first-order valence-electron chi connectivity index (χ1n) is 11.3. The fraction of sp³-hybridized carbons (Fsp3) is 0.375. The van der Waals surface area contributed by atoms with Crippen LogP contribution in [0.15, 0.2) is 59.8 Å². The molecule has 0 amide bonds. The van der Waals surface area contributed by atoms with E-state index in [4.69, 9.17) is 4.84 Å². The molecule has 0 aliphatic carbocycles. The first-order valence-corrected chi connectivity index (χ1v) is 11.3. The number of hydrogen-bond acceptors (Lipinski definition) is 8. The topological polar surface area (TPSA) is 78.8 Å². The zero-order chi connectivity index (χ0) is 22.8. The van der Waals surface area contributed by atoms with Crippen LogP contribution in [-0.4, -0.2) is 59.3 Å². The Kier molecular flexibility index (Phi) is 5.97. The highest BCUT2D eigenvalue weighted by molar-refractivity contribution is 5.62. The van der Waals surface area contributed by atoms with Crippen LogP contribution in [-0.2, 0) is 11.9 Å². The van der Waals surface area contributed by atoms with Crippen LogP contribution in [0.5, 0.6) is 0 Å². The summed E-state index contributed by atoms with van der Waals surface area (Å²) in [6, 6.07) is 13.8. The van der Waals surface area contributed by atoms with E-state index in [1.807, 2.05) is 23.4 Å². The van der Waals surface area contributed by atoms with Gasteiger partial charge in [0.2, 0.25) is 5.56 Å². The first-order chi connectivity index (χ1) is 16.1. The third-order valence-electron chi connectivity index (χ3n) is 6.28. The van der Waals surface area contributed by atoms with Gasteiger partial charge in [-0.1, -0.05) is 0 Å². The molecule has 2 aliphatic heterocycles. The van der Waals surface area contributed by atoms with Crippen LogP contribution in [0.1, 0.15) is 18.0 Å². The monoisotopic (exact) mass is 447 g/mol. The van der Waals surface area contributed by atoms with Crippen LogP contribution in [0.25, 0.3) is 0 Å². The second-order valence-electron chi connectivity index (χ2n) is 8.60. The molecule has 4 heterocycles. The van der Waals surface area contributed by atoms with Crippen LogP contribution < -0.4 is 20.8 Å². The van der Waals surface area contributed by atoms with Gasteiger partial charge in [-0.05, 0) is 42.9 Å². The smallest absolute Gasteiger partial charge is 0.250 e. The lowest BCUT2D eigenvalue weighted by molar-refractivity contribution is 0.156. The molecular formula is C24H29N7O2. The maximum absolute atomic E-state index is 11.8. The summed E-state index contributed by atoms with van der Waals surface area (Å²) >= 11 is 0. The van der Waals surface area contributed by atoms with E-state index in [-0.39, 0.29) is 11.6 Å². The molecule has 5 rings (SSSR count). The van der Waals surface area contributed by atoms with Gasteiger partial charge in [0, 0.05) is 69.4 Å². The van der Waals surface area contributed by atoms with Gasteiger partial charge in [-0.25, -0.2) is 15.0 Å². The predicted molar refractivity (Wildman–Crippen MR) is 129 cm³/mol. The summed E-state index contributed by atoms with van der Waals surface area (Å²) in [4.78, 5) is 31.2. The minimum absolute atomic E-state index is 0.0116. The van der Waals surface area contributed by atoms with Gasteiger partial charge >= 0.3 is 0 Å². The molecule has 1 atom stereocenters. The highest BCUT2D eigenvalue weighted by Crippen LogP contribution is 2.34. The average molecular weight is 448 g/mol. The van der Waals surface area contributed by atoms with E-state index >= 15 is 0 Å². The molecule has 2 aliphatic rings. The lowest BCUT2D eigenvalue weighted by atomic mass is 10.1. The minimum atomic E-state index is -0.0311. The van der Waals surface area contributed by atoms with Gasteiger partial charge in [-0.15, -0.1) is 0 Å². The molecule has 2 fully saturated rings. The van der Waals surface area contributed by atoms with Crippen LogP contribution >= 0.6 is 0 Å². The largest absolute Gasteiger partial charge is 0.369 e. The maximum Gasteiger partial charge on any atom is 0.250 e. The van der Waals surface area contributed by atoms with Crippen molar-refractivity contribution in [3.05, 3.63) is 70.9 Å². The van der Waals surface area contributed by atoms with Crippen LogP contribution in [0.4, 0.5) is 23.0 Å². The standard InChI is InChI=1S/C24H29N7O2/c1-28-10-12-30(13-11-28)20-6-4-19(5-7-20)27-22-15-23(26-17-25-22)31-21(9-14-33-31)18-3-8-24(32)29(2)16-18/h3-8,15-17,21H,9-14H2,1-2H3,(H,25,26,27)/t21-/m0/s1. The Labute approximate surface area is 193 Å². The minimum Gasteiger partial charge on any atom is -0.369 e. The van der Waals surface area contributed by atoms with Gasteiger partial charge in [-0.2, -0.15) is 0 Å². The van der Waals surface area contributed by atoms with Gasteiger partial charge in [-0.3, -0.25) is 9.63 Å². The third kappa shape index (κ3) is 4.69. The molecule has 3 aromatic rings. The van der Waals surface area contributed by atoms with Crippen molar-refractivity contribution in [1.82, 2.24) is 19.4 Å².